The number of phenolic OH excluding ortho intramolecular Hbond substituents is 3. The first-order valence-electron chi connectivity index (χ1n) is 20.3. The molecule has 3 aliphatic heterocycles. The predicted octanol–water partition coefficient (Wildman–Crippen LogP) is -2.05. The Bertz CT molecular complexity index is 2320. The highest BCUT2D eigenvalue weighted by atomic mass is 16.8. The van der Waals surface area contributed by atoms with E-state index in [2.05, 4.69) is 0 Å². The van der Waals surface area contributed by atoms with Crippen LogP contribution in [0.3, 0.4) is 0 Å². The molecule has 0 bridgehead atoms. The van der Waals surface area contributed by atoms with E-state index in [0.717, 1.165) is 12.1 Å². The van der Waals surface area contributed by atoms with Crippen molar-refractivity contribution in [1.82, 2.24) is 0 Å². The molecule has 3 aromatic carbocycles. The molecule has 4 heterocycles. The van der Waals surface area contributed by atoms with E-state index in [9.17, 15) is 71.2 Å². The van der Waals surface area contributed by atoms with Gasteiger partial charge in [-0.15, -0.1) is 0 Å². The highest BCUT2D eigenvalue weighted by Gasteiger charge is 2.52. The number of esters is 1. The van der Waals surface area contributed by atoms with Crippen molar-refractivity contribution in [2.45, 2.75) is 92.1 Å². The number of aliphatic hydroxyl groups is 10. The Morgan fingerprint density at radius 1 is 0.636 bits per heavy atom. The number of hydrogen-bond acceptors (Lipinski definition) is 22. The van der Waals surface area contributed by atoms with Gasteiger partial charge >= 0.3 is 17.3 Å². The lowest BCUT2D eigenvalue weighted by Gasteiger charge is -2.45. The van der Waals surface area contributed by atoms with Crippen LogP contribution < -0.4 is 14.2 Å². The van der Waals surface area contributed by atoms with Gasteiger partial charge in [0.2, 0.25) is 18.3 Å². The molecule has 15 atom stereocenters. The van der Waals surface area contributed by atoms with Gasteiger partial charge in [0.25, 0.3) is 0 Å². The molecule has 4 aromatic rings. The summed E-state index contributed by atoms with van der Waals surface area (Å²) in [6, 6.07) is 13.2. The van der Waals surface area contributed by atoms with E-state index in [0.29, 0.717) is 5.56 Å². The van der Waals surface area contributed by atoms with Crippen molar-refractivity contribution >= 4 is 23.0 Å². The second kappa shape index (κ2) is 20.6. The fourth-order valence-electron chi connectivity index (χ4n) is 7.38. The molecule has 0 aliphatic carbocycles. The van der Waals surface area contributed by atoms with Gasteiger partial charge in [-0.25, -0.2) is 9.21 Å². The molecular formula is C43H49O23+. The van der Waals surface area contributed by atoms with Gasteiger partial charge in [-0.3, -0.25) is 0 Å². The van der Waals surface area contributed by atoms with Crippen molar-refractivity contribution in [3.8, 4) is 45.8 Å². The van der Waals surface area contributed by atoms with Gasteiger partial charge in [-0.2, -0.15) is 0 Å². The first-order valence-corrected chi connectivity index (χ1v) is 20.3. The summed E-state index contributed by atoms with van der Waals surface area (Å²) in [5.74, 6) is -2.26. The molecule has 13 N–H and O–H groups in total. The van der Waals surface area contributed by atoms with Gasteiger partial charge in [0.1, 0.15) is 96.4 Å². The molecule has 3 aliphatic rings. The first kappa shape index (κ1) is 48.5. The zero-order valence-electron chi connectivity index (χ0n) is 34.6. The number of hydrogen-bond donors (Lipinski definition) is 13. The van der Waals surface area contributed by atoms with Crippen LogP contribution in [0.1, 0.15) is 5.56 Å². The Kier molecular flexibility index (Phi) is 15.1. The Morgan fingerprint density at radius 3 is 1.89 bits per heavy atom. The number of aliphatic hydroxyl groups excluding tert-OH is 10. The third-order valence-electron chi connectivity index (χ3n) is 11.1. The molecule has 7 rings (SSSR count). The summed E-state index contributed by atoms with van der Waals surface area (Å²) in [6.07, 6.45) is -24.7. The lowest BCUT2D eigenvalue weighted by atomic mass is 9.97. The number of aromatic hydroxyl groups is 3. The summed E-state index contributed by atoms with van der Waals surface area (Å²) in [6.45, 7) is -2.36. The number of carbonyl (C=O) groups excluding carboxylic acids is 1. The SMILES string of the molecule is COc1cc(/C=C/C(=O)OCC2O[C@@H](Oc3cc4c(O[C@@H]5OC(CO)[C@@H](O)[C@H](O)C5O)cc(O)cc4[o+]c3-c3ccc(O)cc3)C(O[C@@H]3OC(CO)[C@@H](O)[C@H](O)C3O)[C@@H](O)[C@@H]2O)ccc1O. The van der Waals surface area contributed by atoms with Crippen molar-refractivity contribution in [2.75, 3.05) is 26.9 Å². The summed E-state index contributed by atoms with van der Waals surface area (Å²) < 4.78 is 51.9. The summed E-state index contributed by atoms with van der Waals surface area (Å²) in [5.41, 5.74) is 0.549. The molecule has 358 valence electrons. The number of fused-ring (bicyclic) bond motifs is 1. The molecule has 23 heteroatoms. The van der Waals surface area contributed by atoms with Crippen LogP contribution in [0.25, 0.3) is 28.4 Å². The second-order valence-corrected chi connectivity index (χ2v) is 15.5. The Labute approximate surface area is 373 Å². The molecule has 1 aromatic heterocycles. The molecule has 0 saturated carbocycles. The van der Waals surface area contributed by atoms with Crippen molar-refractivity contribution < 1.29 is 113 Å². The lowest BCUT2D eigenvalue weighted by molar-refractivity contribution is -0.357. The maximum absolute atomic E-state index is 12.9. The van der Waals surface area contributed by atoms with Crippen LogP contribution in [-0.4, -0.2) is 191 Å². The van der Waals surface area contributed by atoms with Gasteiger partial charge in [-0.1, -0.05) is 6.07 Å². The van der Waals surface area contributed by atoms with E-state index in [1.807, 2.05) is 0 Å². The molecule has 3 fully saturated rings. The van der Waals surface area contributed by atoms with Gasteiger partial charge in [0, 0.05) is 18.2 Å². The van der Waals surface area contributed by atoms with Gasteiger partial charge < -0.3 is 104 Å². The van der Waals surface area contributed by atoms with E-state index < -0.39 is 124 Å². The number of phenols is 3. The maximum Gasteiger partial charge on any atom is 0.402 e. The van der Waals surface area contributed by atoms with Crippen molar-refractivity contribution in [2.24, 2.45) is 0 Å². The van der Waals surface area contributed by atoms with Gasteiger partial charge in [0.05, 0.1) is 32.0 Å². The molecule has 3 saturated heterocycles. The highest BCUT2D eigenvalue weighted by Crippen LogP contribution is 2.43. The van der Waals surface area contributed by atoms with E-state index in [4.69, 9.17) is 42.3 Å². The normalized spacial score (nSPS) is 32.6. The van der Waals surface area contributed by atoms with Crippen molar-refractivity contribution in [3.63, 3.8) is 0 Å². The maximum atomic E-state index is 12.9. The summed E-state index contributed by atoms with van der Waals surface area (Å²) in [7, 11) is 1.34. The zero-order chi connectivity index (χ0) is 47.6. The van der Waals surface area contributed by atoms with Crippen LogP contribution >= 0.6 is 0 Å². The van der Waals surface area contributed by atoms with E-state index >= 15 is 0 Å². The highest BCUT2D eigenvalue weighted by molar-refractivity contribution is 5.89. The molecule has 0 spiro atoms. The minimum Gasteiger partial charge on any atom is -0.508 e. The monoisotopic (exact) mass is 933 g/mol. The third-order valence-corrected chi connectivity index (χ3v) is 11.1. The van der Waals surface area contributed by atoms with Crippen LogP contribution in [0, 0.1) is 0 Å². The number of benzene rings is 3. The summed E-state index contributed by atoms with van der Waals surface area (Å²) in [5, 5.41) is 136. The number of methoxy groups -OCH3 is 1. The molecule has 6 unspecified atom stereocenters. The lowest BCUT2D eigenvalue weighted by Crippen LogP contribution is -2.65. The molecular weight excluding hydrogens is 884 g/mol. The average molecular weight is 934 g/mol. The Hall–Kier alpha value is -5.48. The summed E-state index contributed by atoms with van der Waals surface area (Å²) >= 11 is 0. The minimum atomic E-state index is -2.05. The number of rotatable bonds is 14. The molecule has 23 nitrogen and oxygen atoms in total. The van der Waals surface area contributed by atoms with Crippen LogP contribution in [-0.2, 0) is 28.5 Å². The zero-order valence-corrected chi connectivity index (χ0v) is 34.6. The van der Waals surface area contributed by atoms with Crippen LogP contribution in [0.5, 0.6) is 34.5 Å². The van der Waals surface area contributed by atoms with E-state index in [1.54, 1.807) is 0 Å². The quantitative estimate of drug-likeness (QED) is 0.0368. The fourth-order valence-corrected chi connectivity index (χ4v) is 7.38. The second-order valence-electron chi connectivity index (χ2n) is 15.5. The van der Waals surface area contributed by atoms with Gasteiger partial charge in [-0.05, 0) is 48.0 Å². The predicted molar refractivity (Wildman–Crippen MR) is 218 cm³/mol. The van der Waals surface area contributed by atoms with Crippen molar-refractivity contribution in [3.05, 3.63) is 72.3 Å². The van der Waals surface area contributed by atoms with Crippen LogP contribution in [0.2, 0.25) is 0 Å². The largest absolute Gasteiger partial charge is 0.508 e. The number of carbonyl (C=O) groups is 1. The number of ether oxygens (including phenoxy) is 8. The molecule has 66 heavy (non-hydrogen) atoms. The first-order chi connectivity index (χ1) is 31.5. The van der Waals surface area contributed by atoms with Crippen LogP contribution in [0.15, 0.2) is 71.2 Å². The topological polar surface area (TPSA) is 365 Å². The van der Waals surface area contributed by atoms with Gasteiger partial charge in [0.15, 0.2) is 23.9 Å². The average Bonchev–Trinajstić information content (AvgIpc) is 3.30. The molecule has 0 radical (unpaired) electrons. The fraction of sp³-hybridized carbons (Fsp3) is 0.442. The van der Waals surface area contributed by atoms with E-state index in [1.165, 1.54) is 67.8 Å². The molecule has 0 amide bonds. The Balaban J connectivity index is 1.25. The smallest absolute Gasteiger partial charge is 0.402 e. The minimum absolute atomic E-state index is 0.0337. The Morgan fingerprint density at radius 2 is 1.24 bits per heavy atom. The summed E-state index contributed by atoms with van der Waals surface area (Å²) in [4.78, 5) is 12.9. The third kappa shape index (κ3) is 10.2. The van der Waals surface area contributed by atoms with Crippen molar-refractivity contribution in [1.29, 1.82) is 0 Å². The standard InChI is InChI=1S/C43H48O23/c1-58-25-10-17(2-8-22(25)48)3-9-30(49)59-16-29-33(52)36(55)40(66-42-38(57)35(54)32(51)28(15-45)64-42)43(65-29)62-26-13-21-23(60-39(26)18-4-6-19(46)7-5-18)11-20(47)12-24(21)61-41-37(56)34(53)31(50)27(14-44)63-41/h2-13,27-29,31-38,40-45,50-57H,14-16H2,1H3,(H2-,46,47,48,49)/p+1/t27?,28?,29?,31-,32-,33-,34+,35+,36+,37?,38?,40?,41-,42+,43-/m1/s1. The van der Waals surface area contributed by atoms with Crippen LogP contribution in [0.4, 0.5) is 0 Å². The van der Waals surface area contributed by atoms with E-state index in [-0.39, 0.29) is 51.0 Å².